The van der Waals surface area contributed by atoms with Crippen LogP contribution in [0, 0.1) is 0 Å². The second kappa shape index (κ2) is 12.0. The number of aliphatic imine (C=N–C) groups is 1. The molecule has 0 aliphatic carbocycles. The van der Waals surface area contributed by atoms with Gasteiger partial charge in [0.05, 0.1) is 11.6 Å². The number of rotatable bonds is 6. The van der Waals surface area contributed by atoms with E-state index in [4.69, 9.17) is 4.74 Å². The summed E-state index contributed by atoms with van der Waals surface area (Å²) in [6, 6.07) is 6.61. The predicted molar refractivity (Wildman–Crippen MR) is 119 cm³/mol. The van der Waals surface area contributed by atoms with Gasteiger partial charge in [-0.1, -0.05) is 13.0 Å². The summed E-state index contributed by atoms with van der Waals surface area (Å²) >= 11 is 3.53. The fourth-order valence-corrected chi connectivity index (χ4v) is 3.60. The average molecular weight is 525 g/mol. The van der Waals surface area contributed by atoms with Crippen molar-refractivity contribution < 1.29 is 4.74 Å². The second-order valence-corrected chi connectivity index (χ2v) is 7.01. The monoisotopic (exact) mass is 524 g/mol. The van der Waals surface area contributed by atoms with Crippen LogP contribution in [0.15, 0.2) is 27.7 Å². The smallest absolute Gasteiger partial charge is 0.191 e. The van der Waals surface area contributed by atoms with Crippen molar-refractivity contribution in [3.63, 3.8) is 0 Å². The fourth-order valence-electron chi connectivity index (χ4n) is 3.01. The van der Waals surface area contributed by atoms with E-state index in [1.54, 1.807) is 7.11 Å². The van der Waals surface area contributed by atoms with Gasteiger partial charge in [0.25, 0.3) is 0 Å². The van der Waals surface area contributed by atoms with Crippen LogP contribution >= 0.6 is 39.9 Å². The number of hydrogen-bond donors (Lipinski definition) is 2. The zero-order valence-electron chi connectivity index (χ0n) is 15.3. The lowest BCUT2D eigenvalue weighted by Gasteiger charge is -2.32. The van der Waals surface area contributed by atoms with Gasteiger partial charge >= 0.3 is 0 Å². The van der Waals surface area contributed by atoms with Crippen molar-refractivity contribution in [3.05, 3.63) is 28.2 Å². The Morgan fingerprint density at radius 3 is 2.64 bits per heavy atom. The fraction of sp³-hybridized carbons (Fsp3) is 0.611. The molecule has 0 unspecified atom stereocenters. The molecular weight excluding hydrogens is 495 g/mol. The van der Waals surface area contributed by atoms with Crippen molar-refractivity contribution in [1.82, 2.24) is 15.5 Å². The lowest BCUT2D eigenvalue weighted by atomic mass is 10.1. The Morgan fingerprint density at radius 1 is 1.36 bits per heavy atom. The van der Waals surface area contributed by atoms with E-state index in [-0.39, 0.29) is 24.0 Å². The first-order valence-electron chi connectivity index (χ1n) is 8.68. The highest BCUT2D eigenvalue weighted by molar-refractivity contribution is 14.0. The molecule has 0 radical (unpaired) electrons. The van der Waals surface area contributed by atoms with Crippen molar-refractivity contribution in [3.8, 4) is 5.75 Å². The molecule has 1 saturated heterocycles. The summed E-state index contributed by atoms with van der Waals surface area (Å²) in [6.45, 7) is 6.54. The molecule has 0 aromatic heterocycles. The Balaban J connectivity index is 0.00000312. The highest BCUT2D eigenvalue weighted by atomic mass is 127. The number of guanidine groups is 1. The molecule has 5 nitrogen and oxygen atoms in total. The molecule has 0 atom stereocenters. The van der Waals surface area contributed by atoms with Gasteiger partial charge < -0.3 is 20.3 Å². The Kier molecular flexibility index (Phi) is 10.8. The van der Waals surface area contributed by atoms with Gasteiger partial charge in [-0.15, -0.1) is 24.0 Å². The van der Waals surface area contributed by atoms with Crippen molar-refractivity contribution >= 4 is 45.9 Å². The van der Waals surface area contributed by atoms with E-state index in [9.17, 15) is 0 Å². The van der Waals surface area contributed by atoms with E-state index < -0.39 is 0 Å². The Morgan fingerprint density at radius 2 is 2.08 bits per heavy atom. The lowest BCUT2D eigenvalue weighted by molar-refractivity contribution is 0.206. The minimum atomic E-state index is 0. The summed E-state index contributed by atoms with van der Waals surface area (Å²) in [5, 5.41) is 6.95. The van der Waals surface area contributed by atoms with Gasteiger partial charge in [-0.2, -0.15) is 0 Å². The number of hydrogen-bond acceptors (Lipinski definition) is 3. The Labute approximate surface area is 177 Å². The van der Waals surface area contributed by atoms with Gasteiger partial charge in [0.2, 0.25) is 0 Å². The molecule has 0 bridgehead atoms. The molecule has 0 spiro atoms. The van der Waals surface area contributed by atoms with Gasteiger partial charge in [-0.3, -0.25) is 4.99 Å². The molecule has 1 aliphatic rings. The number of benzene rings is 1. The third kappa shape index (κ3) is 7.30. The minimum Gasteiger partial charge on any atom is -0.496 e. The highest BCUT2D eigenvalue weighted by Gasteiger charge is 2.19. The molecule has 1 heterocycles. The van der Waals surface area contributed by atoms with Crippen LogP contribution in [0.1, 0.15) is 31.7 Å². The van der Waals surface area contributed by atoms with Crippen LogP contribution < -0.4 is 15.4 Å². The van der Waals surface area contributed by atoms with Crippen LogP contribution in [-0.2, 0) is 6.54 Å². The maximum Gasteiger partial charge on any atom is 0.191 e. The standard InChI is InChI=1S/C18H29BrN4O.HI/c1-4-9-23-10-7-15(8-11-23)22-18(20-2)21-13-14-5-6-17(24-3)16(19)12-14;/h5-6,12,15H,4,7-11,13H2,1-3H3,(H2,20,21,22);1H. The van der Waals surface area contributed by atoms with Crippen molar-refractivity contribution in [2.75, 3.05) is 33.8 Å². The number of ether oxygens (including phenoxy) is 1. The molecule has 2 rings (SSSR count). The van der Waals surface area contributed by atoms with Crippen LogP contribution in [0.3, 0.4) is 0 Å². The van der Waals surface area contributed by atoms with Crippen molar-refractivity contribution in [2.45, 2.75) is 38.8 Å². The first kappa shape index (κ1) is 22.5. The third-order valence-electron chi connectivity index (χ3n) is 4.37. The number of nitrogens with zero attached hydrogens (tertiary/aromatic N) is 2. The first-order chi connectivity index (χ1) is 11.7. The summed E-state index contributed by atoms with van der Waals surface area (Å²) in [5.74, 6) is 1.72. The highest BCUT2D eigenvalue weighted by Crippen LogP contribution is 2.25. The van der Waals surface area contributed by atoms with E-state index >= 15 is 0 Å². The van der Waals surface area contributed by atoms with Crippen LogP contribution in [0.25, 0.3) is 0 Å². The number of halogens is 2. The molecule has 0 saturated carbocycles. The van der Waals surface area contributed by atoms with Crippen molar-refractivity contribution in [2.24, 2.45) is 4.99 Å². The predicted octanol–water partition coefficient (Wildman–Crippen LogP) is 3.62. The minimum absolute atomic E-state index is 0. The van der Waals surface area contributed by atoms with Gasteiger partial charge in [0, 0.05) is 32.7 Å². The molecule has 2 N–H and O–H groups in total. The van der Waals surface area contributed by atoms with Crippen LogP contribution in [0.2, 0.25) is 0 Å². The molecule has 1 aliphatic heterocycles. The van der Waals surface area contributed by atoms with Gasteiger partial charge in [0.15, 0.2) is 5.96 Å². The molecule has 25 heavy (non-hydrogen) atoms. The Bertz CT molecular complexity index is 548. The molecule has 7 heteroatoms. The third-order valence-corrected chi connectivity index (χ3v) is 4.99. The zero-order valence-corrected chi connectivity index (χ0v) is 19.3. The van der Waals surface area contributed by atoms with E-state index in [1.165, 1.54) is 44.5 Å². The molecule has 1 aromatic carbocycles. The summed E-state index contributed by atoms with van der Waals surface area (Å²) in [4.78, 5) is 6.90. The second-order valence-electron chi connectivity index (χ2n) is 6.15. The SMILES string of the molecule is CCCN1CCC(NC(=NC)NCc2ccc(OC)c(Br)c2)CC1.I. The van der Waals surface area contributed by atoms with Gasteiger partial charge in [-0.05, 0) is 59.4 Å². The lowest BCUT2D eigenvalue weighted by Crippen LogP contribution is -2.48. The van der Waals surface area contributed by atoms with E-state index in [1.807, 2.05) is 13.1 Å². The normalized spacial score (nSPS) is 16.2. The molecule has 1 aromatic rings. The van der Waals surface area contributed by atoms with Crippen molar-refractivity contribution in [1.29, 1.82) is 0 Å². The van der Waals surface area contributed by atoms with Gasteiger partial charge in [0.1, 0.15) is 5.75 Å². The van der Waals surface area contributed by atoms with E-state index in [0.717, 1.165) is 22.7 Å². The summed E-state index contributed by atoms with van der Waals surface area (Å²) in [6.07, 6.45) is 3.59. The maximum absolute atomic E-state index is 5.27. The summed E-state index contributed by atoms with van der Waals surface area (Å²) in [7, 11) is 3.50. The van der Waals surface area contributed by atoms with E-state index in [2.05, 4.69) is 55.5 Å². The quantitative estimate of drug-likeness (QED) is 0.339. The van der Waals surface area contributed by atoms with Crippen LogP contribution in [0.5, 0.6) is 5.75 Å². The number of methoxy groups -OCH3 is 1. The number of nitrogens with one attached hydrogen (secondary N) is 2. The van der Waals surface area contributed by atoms with Crippen LogP contribution in [-0.4, -0.2) is 50.7 Å². The first-order valence-corrected chi connectivity index (χ1v) is 9.47. The number of piperidine rings is 1. The average Bonchev–Trinajstić information content (AvgIpc) is 2.60. The molecular formula is C18H30BrIN4O. The summed E-state index contributed by atoms with van der Waals surface area (Å²) < 4.78 is 6.23. The molecule has 142 valence electrons. The molecule has 0 amide bonds. The van der Waals surface area contributed by atoms with E-state index in [0.29, 0.717) is 6.04 Å². The maximum atomic E-state index is 5.27. The van der Waals surface area contributed by atoms with Crippen LogP contribution in [0.4, 0.5) is 0 Å². The largest absolute Gasteiger partial charge is 0.496 e. The summed E-state index contributed by atoms with van der Waals surface area (Å²) in [5.41, 5.74) is 1.18. The molecule has 1 fully saturated rings. The zero-order chi connectivity index (χ0) is 17.4. The topological polar surface area (TPSA) is 48.9 Å². The van der Waals surface area contributed by atoms with Gasteiger partial charge in [-0.25, -0.2) is 0 Å². The Hall–Kier alpha value is -0.540. The number of likely N-dealkylation sites (tertiary alicyclic amines) is 1.